The molecule has 1 fully saturated rings. The van der Waals surface area contributed by atoms with Crippen LogP contribution in [0.5, 0.6) is 0 Å². The van der Waals surface area contributed by atoms with Crippen molar-refractivity contribution in [2.24, 2.45) is 10.9 Å². The number of amides is 1. The summed E-state index contributed by atoms with van der Waals surface area (Å²) < 4.78 is 24.6. The van der Waals surface area contributed by atoms with E-state index in [1.165, 1.54) is 34.7 Å². The summed E-state index contributed by atoms with van der Waals surface area (Å²) in [5, 5.41) is 4.76. The zero-order chi connectivity index (χ0) is 23.9. The number of carbonyl (C=O) groups excluding carboxylic acids is 1. The SMILES string of the molecule is C[C@@H](N=CCC1CCCC(c2ccc(C(=O)NCC(F)F)cc2)C1)c1cccc2ccccc12. The monoisotopic (exact) mass is 462 g/mol. The summed E-state index contributed by atoms with van der Waals surface area (Å²) in [6, 6.07) is 22.4. The van der Waals surface area contributed by atoms with Crippen LogP contribution >= 0.6 is 0 Å². The molecule has 1 aliphatic rings. The number of hydrogen-bond acceptors (Lipinski definition) is 2. The van der Waals surface area contributed by atoms with E-state index in [9.17, 15) is 13.6 Å². The zero-order valence-corrected chi connectivity index (χ0v) is 19.6. The summed E-state index contributed by atoms with van der Waals surface area (Å²) in [5.74, 6) is 0.599. The Morgan fingerprint density at radius 2 is 1.82 bits per heavy atom. The molecule has 3 aromatic rings. The highest BCUT2D eigenvalue weighted by atomic mass is 19.3. The van der Waals surface area contributed by atoms with Gasteiger partial charge in [-0.3, -0.25) is 9.79 Å². The molecule has 0 radical (unpaired) electrons. The molecule has 0 bridgehead atoms. The number of benzene rings is 3. The Morgan fingerprint density at radius 3 is 2.62 bits per heavy atom. The summed E-state index contributed by atoms with van der Waals surface area (Å²) >= 11 is 0. The van der Waals surface area contributed by atoms with Crippen molar-refractivity contribution in [1.29, 1.82) is 0 Å². The largest absolute Gasteiger partial charge is 0.346 e. The lowest BCUT2D eigenvalue weighted by molar-refractivity contribution is 0.0891. The van der Waals surface area contributed by atoms with E-state index < -0.39 is 18.9 Å². The van der Waals surface area contributed by atoms with Crippen LogP contribution in [0, 0.1) is 5.92 Å². The summed E-state index contributed by atoms with van der Waals surface area (Å²) in [6.07, 6.45) is 5.16. The fourth-order valence-corrected chi connectivity index (χ4v) is 5.05. The number of rotatable bonds is 8. The smallest absolute Gasteiger partial charge is 0.255 e. The molecule has 3 atom stereocenters. The Kier molecular flexibility index (Phi) is 8.04. The second kappa shape index (κ2) is 11.4. The van der Waals surface area contributed by atoms with E-state index in [0.29, 0.717) is 17.4 Å². The topological polar surface area (TPSA) is 41.5 Å². The Bertz CT molecular complexity index is 1120. The van der Waals surface area contributed by atoms with Gasteiger partial charge in [-0.1, -0.05) is 67.4 Å². The van der Waals surface area contributed by atoms with Gasteiger partial charge in [0, 0.05) is 5.56 Å². The highest BCUT2D eigenvalue weighted by Crippen LogP contribution is 2.37. The van der Waals surface area contributed by atoms with Crippen LogP contribution in [0.2, 0.25) is 0 Å². The van der Waals surface area contributed by atoms with Gasteiger partial charge in [0.25, 0.3) is 12.3 Å². The maximum Gasteiger partial charge on any atom is 0.255 e. The second-order valence-corrected chi connectivity index (χ2v) is 9.26. The maximum atomic E-state index is 12.3. The van der Waals surface area contributed by atoms with E-state index in [4.69, 9.17) is 4.99 Å². The number of nitrogens with one attached hydrogen (secondary N) is 1. The van der Waals surface area contributed by atoms with Crippen molar-refractivity contribution < 1.29 is 13.6 Å². The molecule has 4 rings (SSSR count). The third kappa shape index (κ3) is 6.07. The first-order valence-corrected chi connectivity index (χ1v) is 12.2. The normalized spacial score (nSPS) is 19.5. The van der Waals surface area contributed by atoms with Crippen LogP contribution in [0.3, 0.4) is 0 Å². The first-order valence-electron chi connectivity index (χ1n) is 12.2. The molecule has 0 saturated heterocycles. The first-order chi connectivity index (χ1) is 16.5. The van der Waals surface area contributed by atoms with Crippen molar-refractivity contribution in [1.82, 2.24) is 5.32 Å². The average Bonchev–Trinajstić information content (AvgIpc) is 2.87. The minimum atomic E-state index is -2.54. The maximum absolute atomic E-state index is 12.3. The molecule has 1 N–H and O–H groups in total. The predicted molar refractivity (Wildman–Crippen MR) is 135 cm³/mol. The lowest BCUT2D eigenvalue weighted by atomic mass is 9.77. The van der Waals surface area contributed by atoms with Crippen molar-refractivity contribution in [3.63, 3.8) is 0 Å². The fourth-order valence-electron chi connectivity index (χ4n) is 5.05. The standard InChI is InChI=1S/C29H32F2N2O/c1-20(26-11-5-8-23-7-2-3-10-27(23)26)32-17-16-21-6-4-9-25(18-21)22-12-14-24(15-13-22)29(34)33-19-28(30)31/h2-3,5,7-8,10-15,17,20-21,25,28H,4,6,9,16,18-19H2,1H3,(H,33,34)/t20-,21?,25?/m1/s1. The van der Waals surface area contributed by atoms with Gasteiger partial charge in [0.15, 0.2) is 0 Å². The molecule has 1 aliphatic carbocycles. The summed E-state index contributed by atoms with van der Waals surface area (Å²) in [4.78, 5) is 16.9. The lowest BCUT2D eigenvalue weighted by Gasteiger charge is -2.29. The number of carbonyl (C=O) groups is 1. The summed E-state index contributed by atoms with van der Waals surface area (Å²) in [6.45, 7) is 1.53. The fraction of sp³-hybridized carbons (Fsp3) is 0.379. The molecule has 3 aromatic carbocycles. The van der Waals surface area contributed by atoms with E-state index >= 15 is 0 Å². The van der Waals surface area contributed by atoms with Crippen LogP contribution in [0.4, 0.5) is 8.78 Å². The third-order valence-electron chi connectivity index (χ3n) is 6.89. The van der Waals surface area contributed by atoms with E-state index in [1.54, 1.807) is 12.1 Å². The molecule has 1 saturated carbocycles. The van der Waals surface area contributed by atoms with E-state index in [1.807, 2.05) is 12.1 Å². The molecule has 34 heavy (non-hydrogen) atoms. The number of aliphatic imine (C=N–C) groups is 1. The van der Waals surface area contributed by atoms with Crippen molar-refractivity contribution >= 4 is 22.9 Å². The van der Waals surface area contributed by atoms with Crippen molar-refractivity contribution in [2.45, 2.75) is 57.4 Å². The zero-order valence-electron chi connectivity index (χ0n) is 19.6. The molecular weight excluding hydrogens is 430 g/mol. The van der Waals surface area contributed by atoms with Gasteiger partial charge in [-0.25, -0.2) is 8.78 Å². The predicted octanol–water partition coefficient (Wildman–Crippen LogP) is 7.33. The van der Waals surface area contributed by atoms with Gasteiger partial charge in [0.2, 0.25) is 0 Å². The molecule has 3 nitrogen and oxygen atoms in total. The number of nitrogens with zero attached hydrogens (tertiary/aromatic N) is 1. The Hall–Kier alpha value is -3.08. The van der Waals surface area contributed by atoms with Gasteiger partial charge in [0.05, 0.1) is 12.6 Å². The first kappa shape index (κ1) is 24.1. The number of hydrogen-bond donors (Lipinski definition) is 1. The van der Waals surface area contributed by atoms with E-state index in [2.05, 4.69) is 60.9 Å². The van der Waals surface area contributed by atoms with Gasteiger partial charge in [-0.15, -0.1) is 0 Å². The van der Waals surface area contributed by atoms with Crippen molar-refractivity contribution in [2.75, 3.05) is 6.54 Å². The lowest BCUT2D eigenvalue weighted by Crippen LogP contribution is -2.28. The minimum Gasteiger partial charge on any atom is -0.346 e. The number of alkyl halides is 2. The van der Waals surface area contributed by atoms with Crippen LogP contribution in [0.15, 0.2) is 71.7 Å². The summed E-state index contributed by atoms with van der Waals surface area (Å²) in [5.41, 5.74) is 2.90. The van der Waals surface area contributed by atoms with Crippen LogP contribution < -0.4 is 5.32 Å². The average molecular weight is 463 g/mol. The van der Waals surface area contributed by atoms with Crippen LogP contribution in [0.25, 0.3) is 10.8 Å². The molecule has 2 unspecified atom stereocenters. The Balaban J connectivity index is 1.33. The van der Waals surface area contributed by atoms with Crippen molar-refractivity contribution in [3.05, 3.63) is 83.4 Å². The van der Waals surface area contributed by atoms with Gasteiger partial charge in [-0.2, -0.15) is 0 Å². The minimum absolute atomic E-state index is 0.120. The molecule has 178 valence electrons. The van der Waals surface area contributed by atoms with Gasteiger partial charge in [-0.05, 0) is 78.3 Å². The quantitative estimate of drug-likeness (QED) is 0.350. The van der Waals surface area contributed by atoms with Gasteiger partial charge < -0.3 is 5.32 Å². The molecule has 0 aromatic heterocycles. The molecule has 0 spiro atoms. The van der Waals surface area contributed by atoms with Crippen LogP contribution in [0.1, 0.15) is 72.5 Å². The highest BCUT2D eigenvalue weighted by molar-refractivity contribution is 5.94. The van der Waals surface area contributed by atoms with Gasteiger partial charge in [0.1, 0.15) is 0 Å². The molecule has 5 heteroatoms. The molecular formula is C29H32F2N2O. The molecule has 0 heterocycles. The molecule has 0 aliphatic heterocycles. The van der Waals surface area contributed by atoms with Gasteiger partial charge >= 0.3 is 0 Å². The van der Waals surface area contributed by atoms with E-state index in [-0.39, 0.29) is 6.04 Å². The highest BCUT2D eigenvalue weighted by Gasteiger charge is 2.23. The number of halogens is 2. The summed E-state index contributed by atoms with van der Waals surface area (Å²) in [7, 11) is 0. The van der Waals surface area contributed by atoms with Crippen LogP contribution in [-0.4, -0.2) is 25.1 Å². The Morgan fingerprint density at radius 1 is 1.06 bits per heavy atom. The Labute approximate surface area is 200 Å². The van der Waals surface area contributed by atoms with Crippen LogP contribution in [-0.2, 0) is 0 Å². The third-order valence-corrected chi connectivity index (χ3v) is 6.89. The second-order valence-electron chi connectivity index (χ2n) is 9.26. The van der Waals surface area contributed by atoms with Crippen molar-refractivity contribution in [3.8, 4) is 0 Å². The molecule has 1 amide bonds. The number of fused-ring (bicyclic) bond motifs is 1. The van der Waals surface area contributed by atoms with E-state index in [0.717, 1.165) is 19.3 Å².